The van der Waals surface area contributed by atoms with E-state index in [-0.39, 0.29) is 45.8 Å². The zero-order valence-corrected chi connectivity index (χ0v) is 32.9. The number of nitrogens with one attached hydrogen (secondary N) is 1. The van der Waals surface area contributed by atoms with E-state index in [0.717, 1.165) is 61.8 Å². The van der Waals surface area contributed by atoms with Crippen LogP contribution in [-0.2, 0) is 20.5 Å². The molecule has 7 rings (SSSR count). The van der Waals surface area contributed by atoms with Gasteiger partial charge in [-0.25, -0.2) is 9.78 Å². The Morgan fingerprint density at radius 1 is 0.942 bits per heavy atom. The fraction of sp³-hybridized carbons (Fsp3) is 0.628. The van der Waals surface area contributed by atoms with Crippen molar-refractivity contribution in [3.63, 3.8) is 0 Å². The number of rotatable bonds is 10. The quantitative estimate of drug-likeness (QED) is 0.225. The minimum Gasteiger partial charge on any atom is -0.496 e. The van der Waals surface area contributed by atoms with E-state index < -0.39 is 0 Å². The van der Waals surface area contributed by atoms with Gasteiger partial charge in [0.1, 0.15) is 17.7 Å². The fourth-order valence-electron chi connectivity index (χ4n) is 8.71. The predicted octanol–water partition coefficient (Wildman–Crippen LogP) is 9.36. The van der Waals surface area contributed by atoms with Crippen molar-refractivity contribution in [2.75, 3.05) is 25.1 Å². The summed E-state index contributed by atoms with van der Waals surface area (Å²) in [5, 5.41) is 7.55. The number of nitrogens with zero attached hydrogens (tertiary/aromatic N) is 4. The van der Waals surface area contributed by atoms with Gasteiger partial charge in [0.15, 0.2) is 0 Å². The van der Waals surface area contributed by atoms with Gasteiger partial charge in [0.2, 0.25) is 5.91 Å². The maximum Gasteiger partial charge on any atom is 0.407 e. The molecule has 0 atom stereocenters. The van der Waals surface area contributed by atoms with Crippen molar-refractivity contribution in [1.29, 1.82) is 0 Å². The SMILES string of the molecule is COc1ccc(C23CCC(CN(c4cc(-c5cnn(C(C)(C)C)c5)ccn4)C(=O)[C@H]4CC[C@H](OC(=O)NCCC(C)(C)C)CC4)(CC2)CC3)cc1C. The average molecular weight is 712 g/mol. The Hall–Kier alpha value is -3.88. The first kappa shape index (κ1) is 37.9. The van der Waals surface area contributed by atoms with E-state index in [9.17, 15) is 9.59 Å². The summed E-state index contributed by atoms with van der Waals surface area (Å²) in [7, 11) is 1.74. The lowest BCUT2D eigenvalue weighted by atomic mass is 9.51. The minimum atomic E-state index is -0.356. The number of ether oxygens (including phenoxy) is 2. The van der Waals surface area contributed by atoms with Crippen molar-refractivity contribution in [2.24, 2.45) is 16.7 Å². The number of hydrogen-bond donors (Lipinski definition) is 1. The molecule has 1 aromatic carbocycles. The number of alkyl carbamates (subject to hydrolysis) is 1. The van der Waals surface area contributed by atoms with Crippen LogP contribution in [-0.4, -0.2) is 53.1 Å². The van der Waals surface area contributed by atoms with Crippen molar-refractivity contribution in [3.8, 4) is 16.9 Å². The molecule has 0 radical (unpaired) electrons. The summed E-state index contributed by atoms with van der Waals surface area (Å²) >= 11 is 0. The molecule has 4 saturated carbocycles. The highest BCUT2D eigenvalue weighted by atomic mass is 16.6. The highest BCUT2D eigenvalue weighted by Crippen LogP contribution is 2.58. The van der Waals surface area contributed by atoms with Gasteiger partial charge >= 0.3 is 6.09 Å². The molecule has 4 aliphatic carbocycles. The van der Waals surface area contributed by atoms with Crippen LogP contribution in [0.1, 0.15) is 123 Å². The largest absolute Gasteiger partial charge is 0.496 e. The molecule has 4 fully saturated rings. The molecule has 1 N–H and O–H groups in total. The molecule has 52 heavy (non-hydrogen) atoms. The molecule has 0 unspecified atom stereocenters. The molecule has 9 nitrogen and oxygen atoms in total. The van der Waals surface area contributed by atoms with Crippen LogP contribution in [0.5, 0.6) is 5.75 Å². The molecule has 0 aliphatic heterocycles. The summed E-state index contributed by atoms with van der Waals surface area (Å²) in [4.78, 5) is 34.1. The number of aryl methyl sites for hydroxylation is 1. The van der Waals surface area contributed by atoms with E-state index in [1.807, 2.05) is 28.0 Å². The van der Waals surface area contributed by atoms with Crippen LogP contribution >= 0.6 is 0 Å². The van der Waals surface area contributed by atoms with Gasteiger partial charge in [-0.05, 0) is 149 Å². The van der Waals surface area contributed by atoms with Crippen LogP contribution in [0.3, 0.4) is 0 Å². The van der Waals surface area contributed by atoms with Crippen molar-refractivity contribution in [3.05, 3.63) is 60.0 Å². The number of fused-ring (bicyclic) bond motifs is 3. The van der Waals surface area contributed by atoms with Crippen LogP contribution < -0.4 is 15.0 Å². The maximum absolute atomic E-state index is 14.7. The molecule has 2 bridgehead atoms. The number of pyridine rings is 1. The third-order valence-corrected chi connectivity index (χ3v) is 12.2. The van der Waals surface area contributed by atoms with Crippen molar-refractivity contribution in [1.82, 2.24) is 20.1 Å². The van der Waals surface area contributed by atoms with E-state index in [4.69, 9.17) is 14.5 Å². The second-order valence-electron chi connectivity index (χ2n) is 18.3. The maximum atomic E-state index is 14.7. The third kappa shape index (κ3) is 8.50. The first-order valence-electron chi connectivity index (χ1n) is 19.5. The summed E-state index contributed by atoms with van der Waals surface area (Å²) in [5.41, 5.74) is 4.90. The first-order chi connectivity index (χ1) is 24.6. The molecule has 282 valence electrons. The van der Waals surface area contributed by atoms with Gasteiger partial charge in [-0.1, -0.05) is 32.9 Å². The Morgan fingerprint density at radius 2 is 1.63 bits per heavy atom. The summed E-state index contributed by atoms with van der Waals surface area (Å²) in [6, 6.07) is 10.8. The normalized spacial score (nSPS) is 24.7. The Morgan fingerprint density at radius 3 is 2.23 bits per heavy atom. The Balaban J connectivity index is 1.19. The molecule has 9 heteroatoms. The predicted molar refractivity (Wildman–Crippen MR) is 207 cm³/mol. The molecule has 0 saturated heterocycles. The van der Waals surface area contributed by atoms with E-state index in [0.29, 0.717) is 44.6 Å². The first-order valence-corrected chi connectivity index (χ1v) is 19.5. The molecular formula is C43H61N5O4. The van der Waals surface area contributed by atoms with E-state index in [2.05, 4.69) is 89.3 Å². The monoisotopic (exact) mass is 711 g/mol. The standard InChI is InChI=1S/C43H61N5O4/c1-30-25-34(11-14-36(30)51-8)43-19-16-42(17-20-43,18-21-43)29-47(37-26-32(15-23-44-37)33-27-46-48(28-33)41(5,6)7)38(49)31-9-12-35(13-10-31)52-39(50)45-24-22-40(2,3)4/h11,14-15,23,25-28,31,35H,9-10,12-13,16-22,24,29H2,1-8H3,(H,45,50)/t31-,35-,42?,43?. The third-order valence-electron chi connectivity index (χ3n) is 12.2. The number of benzene rings is 1. The molecule has 2 aromatic heterocycles. The highest BCUT2D eigenvalue weighted by molar-refractivity contribution is 5.95. The molecule has 2 heterocycles. The number of amides is 2. The van der Waals surface area contributed by atoms with Gasteiger partial charge < -0.3 is 14.8 Å². The fourth-order valence-corrected chi connectivity index (χ4v) is 8.71. The topological polar surface area (TPSA) is 98.6 Å². The molecule has 0 spiro atoms. The highest BCUT2D eigenvalue weighted by Gasteiger charge is 2.51. The number of aromatic nitrogens is 3. The van der Waals surface area contributed by atoms with Crippen LogP contribution in [0.15, 0.2) is 48.9 Å². The number of carbonyl (C=O) groups excluding carboxylic acids is 2. The lowest BCUT2D eigenvalue weighted by molar-refractivity contribution is -0.124. The Labute approximate surface area is 311 Å². The minimum absolute atomic E-state index is 0.0547. The number of hydrogen-bond acceptors (Lipinski definition) is 6. The van der Waals surface area contributed by atoms with Gasteiger partial charge in [-0.2, -0.15) is 5.10 Å². The van der Waals surface area contributed by atoms with Crippen molar-refractivity contribution < 1.29 is 19.1 Å². The average Bonchev–Trinajstić information content (AvgIpc) is 3.63. The summed E-state index contributed by atoms with van der Waals surface area (Å²) < 4.78 is 13.3. The summed E-state index contributed by atoms with van der Waals surface area (Å²) in [6.07, 6.45) is 15.6. The zero-order chi connectivity index (χ0) is 37.3. The molecule has 3 aromatic rings. The van der Waals surface area contributed by atoms with Crippen LogP contribution in [0, 0.1) is 23.7 Å². The second-order valence-corrected chi connectivity index (χ2v) is 18.3. The van der Waals surface area contributed by atoms with Gasteiger partial charge in [-0.3, -0.25) is 14.4 Å². The molecule has 2 amide bonds. The van der Waals surface area contributed by atoms with Crippen LogP contribution in [0.25, 0.3) is 11.1 Å². The lowest BCUT2D eigenvalue weighted by Gasteiger charge is -2.55. The van der Waals surface area contributed by atoms with Gasteiger partial charge in [0.25, 0.3) is 0 Å². The van der Waals surface area contributed by atoms with E-state index in [1.165, 1.54) is 11.1 Å². The number of methoxy groups -OCH3 is 1. The second kappa shape index (κ2) is 14.9. The van der Waals surface area contributed by atoms with Crippen LogP contribution in [0.4, 0.5) is 10.6 Å². The van der Waals surface area contributed by atoms with Gasteiger partial charge in [0.05, 0.1) is 18.8 Å². The van der Waals surface area contributed by atoms with Crippen molar-refractivity contribution in [2.45, 2.75) is 136 Å². The molecule has 4 aliphatic rings. The zero-order valence-electron chi connectivity index (χ0n) is 32.9. The smallest absolute Gasteiger partial charge is 0.407 e. The van der Waals surface area contributed by atoms with Crippen LogP contribution in [0.2, 0.25) is 0 Å². The Bertz CT molecular complexity index is 1700. The number of carbonyl (C=O) groups is 2. The van der Waals surface area contributed by atoms with E-state index in [1.54, 1.807) is 7.11 Å². The Kier molecular flexibility index (Phi) is 10.8. The summed E-state index contributed by atoms with van der Waals surface area (Å²) in [5.74, 6) is 1.66. The van der Waals surface area contributed by atoms with Gasteiger partial charge in [0, 0.05) is 37.0 Å². The summed E-state index contributed by atoms with van der Waals surface area (Å²) in [6.45, 7) is 16.3. The van der Waals surface area contributed by atoms with E-state index >= 15 is 0 Å². The van der Waals surface area contributed by atoms with Crippen molar-refractivity contribution >= 4 is 17.8 Å². The van der Waals surface area contributed by atoms with Gasteiger partial charge in [-0.15, -0.1) is 0 Å². The number of anilines is 1. The lowest BCUT2D eigenvalue weighted by Crippen LogP contribution is -2.52. The molecular weight excluding hydrogens is 651 g/mol.